The lowest BCUT2D eigenvalue weighted by atomic mass is 10.1. The lowest BCUT2D eigenvalue weighted by molar-refractivity contribution is 0.0766. The van der Waals surface area contributed by atoms with E-state index in [0.29, 0.717) is 5.25 Å². The molecule has 23 heavy (non-hydrogen) atoms. The number of carbonyl (C=O) groups is 1. The van der Waals surface area contributed by atoms with Crippen molar-refractivity contribution in [2.45, 2.75) is 18.6 Å². The summed E-state index contributed by atoms with van der Waals surface area (Å²) in [5, 5.41) is 1.18. The molecule has 0 aromatic heterocycles. The SMILES string of the molecule is Cc1cccc(C(=O)N2CCSC(c3ccccc3Cl)CC2)c1. The molecule has 1 atom stereocenters. The van der Waals surface area contributed by atoms with E-state index < -0.39 is 0 Å². The van der Waals surface area contributed by atoms with E-state index in [-0.39, 0.29) is 5.91 Å². The molecular weight excluding hydrogens is 326 g/mol. The van der Waals surface area contributed by atoms with Crippen LogP contribution < -0.4 is 0 Å². The van der Waals surface area contributed by atoms with Gasteiger partial charge in [0.15, 0.2) is 0 Å². The third-order valence-electron chi connectivity index (χ3n) is 4.15. The molecule has 4 heteroatoms. The largest absolute Gasteiger partial charge is 0.338 e. The molecule has 1 aliphatic heterocycles. The number of amides is 1. The van der Waals surface area contributed by atoms with Gasteiger partial charge in [-0.3, -0.25) is 4.79 Å². The average molecular weight is 346 g/mol. The van der Waals surface area contributed by atoms with Crippen LogP contribution in [0.4, 0.5) is 0 Å². The highest BCUT2D eigenvalue weighted by molar-refractivity contribution is 7.99. The molecule has 120 valence electrons. The Morgan fingerprint density at radius 3 is 2.78 bits per heavy atom. The normalized spacial score (nSPS) is 18.5. The van der Waals surface area contributed by atoms with Crippen LogP contribution in [0.5, 0.6) is 0 Å². The Morgan fingerprint density at radius 2 is 2.00 bits per heavy atom. The van der Waals surface area contributed by atoms with Crippen LogP contribution in [0.25, 0.3) is 0 Å². The third kappa shape index (κ3) is 3.91. The second-order valence-electron chi connectivity index (χ2n) is 5.83. The molecule has 2 aromatic rings. The van der Waals surface area contributed by atoms with Gasteiger partial charge in [-0.25, -0.2) is 0 Å². The van der Waals surface area contributed by atoms with Crippen molar-refractivity contribution >= 4 is 29.3 Å². The van der Waals surface area contributed by atoms with Gasteiger partial charge in [0.1, 0.15) is 0 Å². The van der Waals surface area contributed by atoms with E-state index in [1.807, 2.05) is 66.1 Å². The van der Waals surface area contributed by atoms with Gasteiger partial charge in [-0.1, -0.05) is 47.5 Å². The molecule has 1 amide bonds. The Bertz CT molecular complexity index is 703. The Morgan fingerprint density at radius 1 is 1.17 bits per heavy atom. The van der Waals surface area contributed by atoms with Crippen LogP contribution >= 0.6 is 23.4 Å². The number of hydrogen-bond acceptors (Lipinski definition) is 2. The number of aryl methyl sites for hydroxylation is 1. The van der Waals surface area contributed by atoms with Crippen molar-refractivity contribution in [3.8, 4) is 0 Å². The summed E-state index contributed by atoms with van der Waals surface area (Å²) in [5.41, 5.74) is 3.09. The van der Waals surface area contributed by atoms with Gasteiger partial charge in [0.05, 0.1) is 0 Å². The van der Waals surface area contributed by atoms with Crippen molar-refractivity contribution in [2.75, 3.05) is 18.8 Å². The molecule has 1 unspecified atom stereocenters. The fourth-order valence-corrected chi connectivity index (χ4v) is 4.52. The monoisotopic (exact) mass is 345 g/mol. The van der Waals surface area contributed by atoms with Crippen molar-refractivity contribution in [1.29, 1.82) is 0 Å². The van der Waals surface area contributed by atoms with Crippen molar-refractivity contribution in [2.24, 2.45) is 0 Å². The summed E-state index contributed by atoms with van der Waals surface area (Å²) in [6.07, 6.45) is 0.936. The van der Waals surface area contributed by atoms with Crippen molar-refractivity contribution < 1.29 is 4.79 Å². The predicted molar refractivity (Wildman–Crippen MR) is 98.4 cm³/mol. The second-order valence-corrected chi connectivity index (χ2v) is 7.55. The van der Waals surface area contributed by atoms with E-state index in [9.17, 15) is 4.79 Å². The zero-order valence-electron chi connectivity index (χ0n) is 13.2. The van der Waals surface area contributed by atoms with Gasteiger partial charge in [-0.05, 0) is 37.1 Å². The van der Waals surface area contributed by atoms with Crippen LogP contribution in [0.2, 0.25) is 5.02 Å². The van der Waals surface area contributed by atoms with Crippen molar-refractivity contribution in [1.82, 2.24) is 4.90 Å². The number of carbonyl (C=O) groups excluding carboxylic acids is 1. The number of hydrogen-bond donors (Lipinski definition) is 0. The number of benzene rings is 2. The Labute approximate surface area is 146 Å². The summed E-state index contributed by atoms with van der Waals surface area (Å²) in [6, 6.07) is 15.9. The van der Waals surface area contributed by atoms with Crippen LogP contribution in [0.15, 0.2) is 48.5 Å². The zero-order valence-corrected chi connectivity index (χ0v) is 14.7. The molecular formula is C19H20ClNOS. The quantitative estimate of drug-likeness (QED) is 0.766. The maximum absolute atomic E-state index is 12.7. The van der Waals surface area contributed by atoms with Crippen LogP contribution in [0.1, 0.15) is 33.2 Å². The first-order valence-electron chi connectivity index (χ1n) is 7.87. The highest BCUT2D eigenvalue weighted by Gasteiger charge is 2.23. The summed E-state index contributed by atoms with van der Waals surface area (Å²) in [5.74, 6) is 1.07. The fraction of sp³-hybridized carbons (Fsp3) is 0.316. The van der Waals surface area contributed by atoms with E-state index in [2.05, 4.69) is 6.07 Å². The van der Waals surface area contributed by atoms with E-state index in [1.54, 1.807) is 0 Å². The third-order valence-corrected chi connectivity index (χ3v) is 5.80. The minimum atomic E-state index is 0.133. The topological polar surface area (TPSA) is 20.3 Å². The molecule has 0 radical (unpaired) electrons. The van der Waals surface area contributed by atoms with Crippen LogP contribution in [0, 0.1) is 6.92 Å². The van der Waals surface area contributed by atoms with Gasteiger partial charge in [0.2, 0.25) is 0 Å². The first kappa shape index (κ1) is 16.4. The first-order chi connectivity index (χ1) is 11.1. The molecule has 2 aromatic carbocycles. The fourth-order valence-electron chi connectivity index (χ4n) is 2.92. The Balaban J connectivity index is 1.71. The van der Waals surface area contributed by atoms with Crippen molar-refractivity contribution in [3.63, 3.8) is 0 Å². The molecule has 0 aliphatic carbocycles. The lowest BCUT2D eigenvalue weighted by Crippen LogP contribution is -2.33. The minimum absolute atomic E-state index is 0.133. The Kier molecular flexibility index (Phi) is 5.29. The molecule has 0 spiro atoms. The second kappa shape index (κ2) is 7.41. The summed E-state index contributed by atoms with van der Waals surface area (Å²) >= 11 is 8.22. The van der Waals surface area contributed by atoms with E-state index >= 15 is 0 Å². The molecule has 3 rings (SSSR count). The van der Waals surface area contributed by atoms with E-state index in [4.69, 9.17) is 11.6 Å². The van der Waals surface area contributed by atoms with Gasteiger partial charge in [-0.15, -0.1) is 0 Å². The molecule has 1 fully saturated rings. The van der Waals surface area contributed by atoms with Crippen LogP contribution in [-0.2, 0) is 0 Å². The number of rotatable bonds is 2. The number of halogens is 1. The highest BCUT2D eigenvalue weighted by Crippen LogP contribution is 2.37. The molecule has 0 N–H and O–H groups in total. The summed E-state index contributed by atoms with van der Waals surface area (Å²) in [6.45, 7) is 3.58. The Hall–Kier alpha value is -1.45. The highest BCUT2D eigenvalue weighted by atomic mass is 35.5. The maximum Gasteiger partial charge on any atom is 0.253 e. The lowest BCUT2D eigenvalue weighted by Gasteiger charge is -2.20. The smallest absolute Gasteiger partial charge is 0.253 e. The van der Waals surface area contributed by atoms with Crippen LogP contribution in [-0.4, -0.2) is 29.6 Å². The summed E-state index contributed by atoms with van der Waals surface area (Å²) in [4.78, 5) is 14.7. The average Bonchev–Trinajstić information content (AvgIpc) is 2.80. The number of nitrogens with zero attached hydrogens (tertiary/aromatic N) is 1. The molecule has 0 bridgehead atoms. The standard InChI is InChI=1S/C19H20ClNOS/c1-14-5-4-6-15(13-14)19(22)21-10-9-18(23-12-11-21)16-7-2-3-8-17(16)20/h2-8,13,18H,9-12H2,1H3. The number of thioether (sulfide) groups is 1. The summed E-state index contributed by atoms with van der Waals surface area (Å²) in [7, 11) is 0. The van der Waals surface area contributed by atoms with Gasteiger partial charge in [0, 0.05) is 34.7 Å². The predicted octanol–water partition coefficient (Wildman–Crippen LogP) is 4.97. The van der Waals surface area contributed by atoms with Gasteiger partial charge < -0.3 is 4.90 Å². The minimum Gasteiger partial charge on any atom is -0.338 e. The van der Waals surface area contributed by atoms with Crippen LogP contribution in [0.3, 0.4) is 0 Å². The zero-order chi connectivity index (χ0) is 16.2. The van der Waals surface area contributed by atoms with Crippen molar-refractivity contribution in [3.05, 3.63) is 70.2 Å². The first-order valence-corrected chi connectivity index (χ1v) is 9.30. The van der Waals surface area contributed by atoms with E-state index in [1.165, 1.54) is 5.56 Å². The summed E-state index contributed by atoms with van der Waals surface area (Å²) < 4.78 is 0. The molecule has 1 heterocycles. The maximum atomic E-state index is 12.7. The van der Waals surface area contributed by atoms with E-state index in [0.717, 1.165) is 41.4 Å². The molecule has 1 saturated heterocycles. The van der Waals surface area contributed by atoms with Gasteiger partial charge in [-0.2, -0.15) is 11.8 Å². The van der Waals surface area contributed by atoms with Gasteiger partial charge >= 0.3 is 0 Å². The molecule has 1 aliphatic rings. The van der Waals surface area contributed by atoms with Gasteiger partial charge in [0.25, 0.3) is 5.91 Å². The molecule has 0 saturated carbocycles. The molecule has 2 nitrogen and oxygen atoms in total.